The first kappa shape index (κ1) is 10.1. The zero-order valence-electron chi connectivity index (χ0n) is 8.65. The van der Waals surface area contributed by atoms with E-state index in [1.807, 2.05) is 4.68 Å². The molecule has 4 heteroatoms. The maximum Gasteiger partial charge on any atom is 0.138 e. The van der Waals surface area contributed by atoms with Gasteiger partial charge in [0.1, 0.15) is 12.2 Å². The molecule has 0 radical (unpaired) electrons. The standard InChI is InChI=1S/C10H16BrN3/c1-7(2)14-10(12-6-13-14)8-4-3-5-9(8)11/h6-9H,3-5H2,1-2H3. The molecule has 2 unspecified atom stereocenters. The Hall–Kier alpha value is -0.380. The van der Waals surface area contributed by atoms with Crippen molar-refractivity contribution in [2.24, 2.45) is 0 Å². The van der Waals surface area contributed by atoms with E-state index in [1.54, 1.807) is 6.33 Å². The van der Waals surface area contributed by atoms with E-state index in [0.717, 1.165) is 5.82 Å². The van der Waals surface area contributed by atoms with Gasteiger partial charge in [-0.1, -0.05) is 22.4 Å². The molecule has 1 heterocycles. The molecule has 2 rings (SSSR count). The lowest BCUT2D eigenvalue weighted by Crippen LogP contribution is -2.15. The molecule has 1 aromatic heterocycles. The van der Waals surface area contributed by atoms with Crippen molar-refractivity contribution in [1.82, 2.24) is 14.8 Å². The highest BCUT2D eigenvalue weighted by Gasteiger charge is 2.30. The second-order valence-corrected chi connectivity index (χ2v) is 5.39. The topological polar surface area (TPSA) is 30.7 Å². The van der Waals surface area contributed by atoms with Crippen LogP contribution >= 0.6 is 15.9 Å². The van der Waals surface area contributed by atoms with E-state index in [1.165, 1.54) is 19.3 Å². The summed E-state index contributed by atoms with van der Waals surface area (Å²) < 4.78 is 2.05. The molecule has 1 aromatic rings. The Balaban J connectivity index is 2.26. The van der Waals surface area contributed by atoms with E-state index in [2.05, 4.69) is 39.9 Å². The lowest BCUT2D eigenvalue weighted by molar-refractivity contribution is 0.481. The maximum atomic E-state index is 4.39. The van der Waals surface area contributed by atoms with Gasteiger partial charge in [-0.15, -0.1) is 0 Å². The quantitative estimate of drug-likeness (QED) is 0.763. The molecule has 2 atom stereocenters. The van der Waals surface area contributed by atoms with E-state index < -0.39 is 0 Å². The number of hydrogen-bond acceptors (Lipinski definition) is 2. The van der Waals surface area contributed by atoms with E-state index in [4.69, 9.17) is 0 Å². The third kappa shape index (κ3) is 1.72. The Bertz CT molecular complexity index is 308. The Kier molecular flexibility index (Phi) is 2.91. The van der Waals surface area contributed by atoms with Gasteiger partial charge >= 0.3 is 0 Å². The van der Waals surface area contributed by atoms with Crippen molar-refractivity contribution >= 4 is 15.9 Å². The summed E-state index contributed by atoms with van der Waals surface area (Å²) in [5.74, 6) is 1.71. The van der Waals surface area contributed by atoms with E-state index in [-0.39, 0.29) is 0 Å². The molecule has 3 nitrogen and oxygen atoms in total. The van der Waals surface area contributed by atoms with Crippen LogP contribution in [0.2, 0.25) is 0 Å². The minimum atomic E-state index is 0.410. The monoisotopic (exact) mass is 257 g/mol. The third-order valence-corrected chi connectivity index (χ3v) is 3.95. The summed E-state index contributed by atoms with van der Waals surface area (Å²) in [7, 11) is 0. The van der Waals surface area contributed by atoms with Crippen molar-refractivity contribution in [3.05, 3.63) is 12.2 Å². The van der Waals surface area contributed by atoms with Crippen LogP contribution in [0, 0.1) is 0 Å². The van der Waals surface area contributed by atoms with Gasteiger partial charge in [0.05, 0.1) is 0 Å². The van der Waals surface area contributed by atoms with E-state index in [9.17, 15) is 0 Å². The first-order chi connectivity index (χ1) is 6.70. The van der Waals surface area contributed by atoms with Crippen LogP contribution in [-0.2, 0) is 0 Å². The molecule has 0 bridgehead atoms. The summed E-state index contributed by atoms with van der Waals surface area (Å²) in [5, 5.41) is 4.28. The average Bonchev–Trinajstić information content (AvgIpc) is 2.70. The lowest BCUT2D eigenvalue weighted by atomic mass is 10.1. The zero-order chi connectivity index (χ0) is 10.1. The summed E-state index contributed by atoms with van der Waals surface area (Å²) in [4.78, 5) is 4.98. The van der Waals surface area contributed by atoms with Gasteiger partial charge in [0.15, 0.2) is 0 Å². The smallest absolute Gasteiger partial charge is 0.138 e. The van der Waals surface area contributed by atoms with Crippen LogP contribution < -0.4 is 0 Å². The molecule has 0 amide bonds. The van der Waals surface area contributed by atoms with Crippen molar-refractivity contribution in [3.63, 3.8) is 0 Å². The zero-order valence-corrected chi connectivity index (χ0v) is 10.2. The largest absolute Gasteiger partial charge is 0.247 e. The Morgan fingerprint density at radius 3 is 2.86 bits per heavy atom. The van der Waals surface area contributed by atoms with Crippen LogP contribution in [0.1, 0.15) is 50.9 Å². The van der Waals surface area contributed by atoms with Crippen molar-refractivity contribution in [2.45, 2.75) is 49.9 Å². The van der Waals surface area contributed by atoms with Crippen LogP contribution in [0.15, 0.2) is 6.33 Å². The normalized spacial score (nSPS) is 27.4. The minimum Gasteiger partial charge on any atom is -0.247 e. The number of aromatic nitrogens is 3. The number of rotatable bonds is 2. The Morgan fingerprint density at radius 2 is 2.29 bits per heavy atom. The average molecular weight is 258 g/mol. The highest BCUT2D eigenvalue weighted by atomic mass is 79.9. The molecule has 0 spiro atoms. The first-order valence-corrected chi connectivity index (χ1v) is 6.15. The van der Waals surface area contributed by atoms with Gasteiger partial charge in [0.25, 0.3) is 0 Å². The molecule has 0 N–H and O–H groups in total. The fraction of sp³-hybridized carbons (Fsp3) is 0.800. The van der Waals surface area contributed by atoms with Crippen molar-refractivity contribution in [3.8, 4) is 0 Å². The fourth-order valence-electron chi connectivity index (χ4n) is 2.13. The summed E-state index contributed by atoms with van der Waals surface area (Å²) >= 11 is 3.73. The molecule has 78 valence electrons. The van der Waals surface area contributed by atoms with Gasteiger partial charge < -0.3 is 0 Å². The van der Waals surface area contributed by atoms with Crippen molar-refractivity contribution < 1.29 is 0 Å². The molecule has 0 saturated heterocycles. The molecule has 1 aliphatic carbocycles. The highest BCUT2D eigenvalue weighted by Crippen LogP contribution is 2.38. The summed E-state index contributed by atoms with van der Waals surface area (Å²) in [5.41, 5.74) is 0. The number of halogens is 1. The van der Waals surface area contributed by atoms with Gasteiger partial charge in [-0.05, 0) is 26.7 Å². The summed E-state index contributed by atoms with van der Waals surface area (Å²) in [6.07, 6.45) is 5.47. The second kappa shape index (κ2) is 4.01. The van der Waals surface area contributed by atoms with Crippen LogP contribution in [-0.4, -0.2) is 19.6 Å². The van der Waals surface area contributed by atoms with Gasteiger partial charge in [0, 0.05) is 16.8 Å². The predicted octanol–water partition coefficient (Wildman–Crippen LogP) is 2.89. The molecular formula is C10H16BrN3. The molecule has 1 fully saturated rings. The number of nitrogens with zero attached hydrogens (tertiary/aromatic N) is 3. The predicted molar refractivity (Wildman–Crippen MR) is 59.7 cm³/mol. The van der Waals surface area contributed by atoms with Crippen LogP contribution in [0.25, 0.3) is 0 Å². The molecular weight excluding hydrogens is 242 g/mol. The molecule has 0 aliphatic heterocycles. The molecule has 1 saturated carbocycles. The number of hydrogen-bond donors (Lipinski definition) is 0. The van der Waals surface area contributed by atoms with Gasteiger partial charge in [-0.2, -0.15) is 5.10 Å². The summed E-state index contributed by atoms with van der Waals surface area (Å²) in [6, 6.07) is 0.410. The molecule has 14 heavy (non-hydrogen) atoms. The Labute approximate surface area is 93.0 Å². The van der Waals surface area contributed by atoms with Crippen LogP contribution in [0.5, 0.6) is 0 Å². The number of alkyl halides is 1. The molecule has 0 aromatic carbocycles. The van der Waals surface area contributed by atoms with Gasteiger partial charge in [-0.25, -0.2) is 9.67 Å². The van der Waals surface area contributed by atoms with Crippen LogP contribution in [0.3, 0.4) is 0 Å². The second-order valence-electron chi connectivity index (χ2n) is 4.21. The lowest BCUT2D eigenvalue weighted by Gasteiger charge is -2.16. The maximum absolute atomic E-state index is 4.39. The van der Waals surface area contributed by atoms with Crippen molar-refractivity contribution in [1.29, 1.82) is 0 Å². The van der Waals surface area contributed by atoms with Gasteiger partial charge in [-0.3, -0.25) is 0 Å². The Morgan fingerprint density at radius 1 is 1.50 bits per heavy atom. The highest BCUT2D eigenvalue weighted by molar-refractivity contribution is 9.09. The van der Waals surface area contributed by atoms with E-state index in [0.29, 0.717) is 16.8 Å². The van der Waals surface area contributed by atoms with Crippen LogP contribution in [0.4, 0.5) is 0 Å². The fourth-order valence-corrected chi connectivity index (χ4v) is 2.95. The SMILES string of the molecule is CC(C)n1ncnc1C1CCCC1Br. The molecule has 1 aliphatic rings. The third-order valence-electron chi connectivity index (χ3n) is 2.85. The first-order valence-electron chi connectivity index (χ1n) is 5.23. The van der Waals surface area contributed by atoms with Crippen molar-refractivity contribution in [2.75, 3.05) is 0 Å². The minimum absolute atomic E-state index is 0.410. The summed E-state index contributed by atoms with van der Waals surface area (Å²) in [6.45, 7) is 4.30. The van der Waals surface area contributed by atoms with Gasteiger partial charge in [0.2, 0.25) is 0 Å². The van der Waals surface area contributed by atoms with E-state index >= 15 is 0 Å².